The van der Waals surface area contributed by atoms with Crippen molar-refractivity contribution in [2.24, 2.45) is 0 Å². The van der Waals surface area contributed by atoms with E-state index in [0.717, 1.165) is 16.9 Å². The Morgan fingerprint density at radius 1 is 1.04 bits per heavy atom. The number of methoxy groups -OCH3 is 3. The van der Waals surface area contributed by atoms with E-state index in [1.54, 1.807) is 19.2 Å². The van der Waals surface area contributed by atoms with Crippen LogP contribution < -0.4 is 9.47 Å². The van der Waals surface area contributed by atoms with E-state index in [4.69, 9.17) is 18.9 Å². The van der Waals surface area contributed by atoms with Gasteiger partial charge in [-0.3, -0.25) is 0 Å². The van der Waals surface area contributed by atoms with Crippen LogP contribution in [0, 0.1) is 0 Å². The Hall–Kier alpha value is -2.57. The summed E-state index contributed by atoms with van der Waals surface area (Å²) >= 11 is 0. The van der Waals surface area contributed by atoms with Crippen molar-refractivity contribution in [3.8, 4) is 22.6 Å². The van der Waals surface area contributed by atoms with Gasteiger partial charge in [0.25, 0.3) is 0 Å². The highest BCUT2D eigenvalue weighted by Gasteiger charge is 2.20. The van der Waals surface area contributed by atoms with Crippen molar-refractivity contribution >= 4 is 5.97 Å². The van der Waals surface area contributed by atoms with Crippen LogP contribution in [0.3, 0.4) is 0 Å². The number of hydrogen-bond acceptors (Lipinski definition) is 6. The van der Waals surface area contributed by atoms with Crippen molar-refractivity contribution in [1.82, 2.24) is 0 Å². The normalized spacial score (nSPS) is 10.4. The van der Waals surface area contributed by atoms with Crippen molar-refractivity contribution in [2.75, 3.05) is 34.7 Å². The summed E-state index contributed by atoms with van der Waals surface area (Å²) in [4.78, 5) is 12.1. The zero-order chi connectivity index (χ0) is 18.2. The molecule has 0 aliphatic rings. The molecule has 1 N–H and O–H groups in total. The Morgan fingerprint density at radius 2 is 1.76 bits per heavy atom. The van der Waals surface area contributed by atoms with Crippen LogP contribution >= 0.6 is 0 Å². The lowest BCUT2D eigenvalue weighted by Crippen LogP contribution is -2.10. The lowest BCUT2D eigenvalue weighted by Gasteiger charge is -2.18. The lowest BCUT2D eigenvalue weighted by molar-refractivity contribution is 0.0514. The van der Waals surface area contributed by atoms with E-state index in [0.29, 0.717) is 16.9 Å². The van der Waals surface area contributed by atoms with Gasteiger partial charge in [-0.2, -0.15) is 0 Å². The molecule has 0 aromatic heterocycles. The van der Waals surface area contributed by atoms with Crippen molar-refractivity contribution in [2.45, 2.75) is 6.42 Å². The summed E-state index contributed by atoms with van der Waals surface area (Å²) in [7, 11) is 4.45. The Balaban J connectivity index is 2.65. The summed E-state index contributed by atoms with van der Waals surface area (Å²) in [5, 5.41) is 9.48. The number of rotatable bonds is 8. The van der Waals surface area contributed by atoms with Crippen LogP contribution in [0.2, 0.25) is 0 Å². The second-order valence-corrected chi connectivity index (χ2v) is 5.21. The van der Waals surface area contributed by atoms with E-state index < -0.39 is 5.97 Å². The maximum absolute atomic E-state index is 12.1. The molecule has 0 heterocycles. The molecule has 0 saturated heterocycles. The van der Waals surface area contributed by atoms with Crippen molar-refractivity contribution in [3.05, 3.63) is 47.5 Å². The van der Waals surface area contributed by atoms with Crippen molar-refractivity contribution < 1.29 is 28.8 Å². The lowest BCUT2D eigenvalue weighted by atomic mass is 9.92. The molecular formula is C19H22O6. The molecule has 0 spiro atoms. The molecule has 6 heteroatoms. The smallest absolute Gasteiger partial charge is 0.338 e. The second kappa shape index (κ2) is 9.05. The third kappa shape index (κ3) is 4.29. The molecule has 0 unspecified atom stereocenters. The van der Waals surface area contributed by atoms with Crippen LogP contribution in [0.15, 0.2) is 36.4 Å². The van der Waals surface area contributed by atoms with Gasteiger partial charge in [-0.1, -0.05) is 12.1 Å². The largest absolute Gasteiger partial charge is 0.497 e. The van der Waals surface area contributed by atoms with Crippen LogP contribution in [-0.4, -0.2) is 45.8 Å². The molecule has 0 amide bonds. The quantitative estimate of drug-likeness (QED) is 0.585. The molecule has 2 aromatic carbocycles. The minimum Gasteiger partial charge on any atom is -0.497 e. The Kier molecular flexibility index (Phi) is 6.80. The molecule has 0 bridgehead atoms. The maximum Gasteiger partial charge on any atom is 0.338 e. The number of aliphatic hydroxyl groups excluding tert-OH is 1. The predicted molar refractivity (Wildman–Crippen MR) is 93.1 cm³/mol. The summed E-state index contributed by atoms with van der Waals surface area (Å²) < 4.78 is 20.7. The average Bonchev–Trinajstić information content (AvgIpc) is 2.66. The zero-order valence-corrected chi connectivity index (χ0v) is 14.6. The van der Waals surface area contributed by atoms with Gasteiger partial charge in [0, 0.05) is 19.3 Å². The fourth-order valence-corrected chi connectivity index (χ4v) is 2.62. The van der Waals surface area contributed by atoms with Gasteiger partial charge in [-0.25, -0.2) is 4.79 Å². The third-order valence-corrected chi connectivity index (χ3v) is 3.75. The van der Waals surface area contributed by atoms with Crippen LogP contribution in [0.5, 0.6) is 11.5 Å². The standard InChI is InChI=1S/C19H22O6/c1-22-12-25-17-9-8-16(19(21)24-3)15(10-11-20)18(17)13-4-6-14(23-2)7-5-13/h4-9,20H,10-12H2,1-3H3. The molecule has 6 nitrogen and oxygen atoms in total. The first kappa shape index (κ1) is 18.8. The van der Waals surface area contributed by atoms with Gasteiger partial charge in [-0.15, -0.1) is 0 Å². The predicted octanol–water partition coefficient (Wildman–Crippen LogP) is 2.67. The molecule has 0 aliphatic carbocycles. The fraction of sp³-hybridized carbons (Fsp3) is 0.316. The number of ether oxygens (including phenoxy) is 4. The van der Waals surface area contributed by atoms with E-state index in [1.165, 1.54) is 14.2 Å². The molecule has 25 heavy (non-hydrogen) atoms. The molecular weight excluding hydrogens is 324 g/mol. The fourth-order valence-electron chi connectivity index (χ4n) is 2.62. The summed E-state index contributed by atoms with van der Waals surface area (Å²) in [6, 6.07) is 10.7. The highest BCUT2D eigenvalue weighted by Crippen LogP contribution is 2.37. The van der Waals surface area contributed by atoms with E-state index >= 15 is 0 Å². The molecule has 2 rings (SSSR count). The second-order valence-electron chi connectivity index (χ2n) is 5.21. The van der Waals surface area contributed by atoms with Gasteiger partial charge in [0.15, 0.2) is 6.79 Å². The topological polar surface area (TPSA) is 74.2 Å². The number of aliphatic hydroxyl groups is 1. The number of benzene rings is 2. The van der Waals surface area contributed by atoms with Gasteiger partial charge in [0.1, 0.15) is 11.5 Å². The van der Waals surface area contributed by atoms with Gasteiger partial charge >= 0.3 is 5.97 Å². The first-order valence-corrected chi connectivity index (χ1v) is 7.77. The first-order valence-electron chi connectivity index (χ1n) is 7.77. The molecule has 0 aliphatic heterocycles. The zero-order valence-electron chi connectivity index (χ0n) is 14.6. The Bertz CT molecular complexity index is 709. The SMILES string of the molecule is COCOc1ccc(C(=O)OC)c(CCO)c1-c1ccc(OC)cc1. The van der Waals surface area contributed by atoms with E-state index in [9.17, 15) is 9.90 Å². The summed E-state index contributed by atoms with van der Waals surface area (Å²) in [5.41, 5.74) is 2.61. The van der Waals surface area contributed by atoms with Crippen molar-refractivity contribution in [1.29, 1.82) is 0 Å². The Morgan fingerprint density at radius 3 is 2.32 bits per heavy atom. The average molecular weight is 346 g/mol. The first-order chi connectivity index (χ1) is 12.2. The van der Waals surface area contributed by atoms with E-state index in [2.05, 4.69) is 0 Å². The van der Waals surface area contributed by atoms with Crippen LogP contribution in [-0.2, 0) is 15.9 Å². The summed E-state index contributed by atoms with van der Waals surface area (Å²) in [6.07, 6.45) is 0.288. The summed E-state index contributed by atoms with van der Waals surface area (Å²) in [6.45, 7) is -0.0415. The van der Waals surface area contributed by atoms with Gasteiger partial charge in [0.2, 0.25) is 0 Å². The van der Waals surface area contributed by atoms with Crippen LogP contribution in [0.1, 0.15) is 15.9 Å². The highest BCUT2D eigenvalue weighted by molar-refractivity contribution is 5.95. The number of carbonyl (C=O) groups is 1. The van der Waals surface area contributed by atoms with Gasteiger partial charge < -0.3 is 24.1 Å². The number of hydrogen-bond donors (Lipinski definition) is 1. The van der Waals surface area contributed by atoms with Gasteiger partial charge in [-0.05, 0) is 41.8 Å². The minimum absolute atomic E-state index is 0.0687. The monoisotopic (exact) mass is 346 g/mol. The van der Waals surface area contributed by atoms with Crippen molar-refractivity contribution in [3.63, 3.8) is 0 Å². The molecule has 2 aromatic rings. The molecule has 0 radical (unpaired) electrons. The molecule has 0 fully saturated rings. The number of esters is 1. The van der Waals surface area contributed by atoms with Crippen LogP contribution in [0.4, 0.5) is 0 Å². The maximum atomic E-state index is 12.1. The van der Waals surface area contributed by atoms with Gasteiger partial charge in [0.05, 0.1) is 19.8 Å². The molecule has 0 saturated carbocycles. The third-order valence-electron chi connectivity index (χ3n) is 3.75. The van der Waals surface area contributed by atoms with E-state index in [1.807, 2.05) is 24.3 Å². The van der Waals surface area contributed by atoms with E-state index in [-0.39, 0.29) is 19.8 Å². The summed E-state index contributed by atoms with van der Waals surface area (Å²) in [5.74, 6) is 0.815. The Labute approximate surface area is 146 Å². The molecule has 0 atom stereocenters. The minimum atomic E-state index is -0.462. The van der Waals surface area contributed by atoms with Crippen LogP contribution in [0.25, 0.3) is 11.1 Å². The highest BCUT2D eigenvalue weighted by atomic mass is 16.7. The molecule has 134 valence electrons. The number of carbonyl (C=O) groups excluding carboxylic acids is 1.